The van der Waals surface area contributed by atoms with E-state index in [0.29, 0.717) is 6.04 Å². The average Bonchev–Trinajstić information content (AvgIpc) is 2.72. The molecule has 1 heterocycles. The first-order valence-corrected chi connectivity index (χ1v) is 5.36. The van der Waals surface area contributed by atoms with Crippen LogP contribution in [0.15, 0.2) is 30.3 Å². The van der Waals surface area contributed by atoms with E-state index in [9.17, 15) is 0 Å². The molecule has 0 radical (unpaired) electrons. The molecule has 1 aliphatic heterocycles. The molecule has 14 heavy (non-hydrogen) atoms. The Hall–Kier alpha value is -0.930. The summed E-state index contributed by atoms with van der Waals surface area (Å²) in [5.41, 5.74) is 1.08. The fraction of sp³-hybridized carbons (Fsp3) is 0.364. The molecule has 3 heteroatoms. The van der Waals surface area contributed by atoms with Crippen molar-refractivity contribution < 1.29 is 0 Å². The summed E-state index contributed by atoms with van der Waals surface area (Å²) in [7, 11) is 0. The standard InChI is InChI=1S/C11H14N2S/c14-11(10-7-4-8-12-10)13-9-5-2-1-3-6-9/h1-3,5-6,10,12H,4,7-8H2,(H,13,14). The number of nitrogens with one attached hydrogen (secondary N) is 2. The Morgan fingerprint density at radius 3 is 2.79 bits per heavy atom. The van der Waals surface area contributed by atoms with Crippen molar-refractivity contribution in [3.63, 3.8) is 0 Å². The number of hydrogen-bond donors (Lipinski definition) is 2. The molecule has 2 N–H and O–H groups in total. The molecule has 74 valence electrons. The van der Waals surface area contributed by atoms with Crippen molar-refractivity contribution in [2.45, 2.75) is 18.9 Å². The zero-order chi connectivity index (χ0) is 9.80. The third-order valence-corrected chi connectivity index (χ3v) is 2.80. The molecular formula is C11H14N2S. The van der Waals surface area contributed by atoms with E-state index in [1.807, 2.05) is 30.3 Å². The summed E-state index contributed by atoms with van der Waals surface area (Å²) in [5, 5.41) is 6.63. The molecule has 1 aromatic carbocycles. The van der Waals surface area contributed by atoms with Crippen LogP contribution in [0.25, 0.3) is 0 Å². The molecule has 1 aromatic rings. The Labute approximate surface area is 89.7 Å². The van der Waals surface area contributed by atoms with Gasteiger partial charge >= 0.3 is 0 Å². The highest BCUT2D eigenvalue weighted by Gasteiger charge is 2.18. The predicted octanol–water partition coefficient (Wildman–Crippen LogP) is 2.18. The van der Waals surface area contributed by atoms with Crippen molar-refractivity contribution in [2.75, 3.05) is 11.9 Å². The van der Waals surface area contributed by atoms with Gasteiger partial charge in [-0.15, -0.1) is 0 Å². The monoisotopic (exact) mass is 206 g/mol. The van der Waals surface area contributed by atoms with Crippen molar-refractivity contribution in [1.29, 1.82) is 0 Å². The number of benzene rings is 1. The molecule has 1 aliphatic rings. The summed E-state index contributed by atoms with van der Waals surface area (Å²) in [6.45, 7) is 1.08. The molecule has 0 amide bonds. The second-order valence-electron chi connectivity index (χ2n) is 3.50. The van der Waals surface area contributed by atoms with Crippen LogP contribution in [0.4, 0.5) is 5.69 Å². The molecule has 1 saturated heterocycles. The van der Waals surface area contributed by atoms with Gasteiger partial charge in [-0.3, -0.25) is 0 Å². The lowest BCUT2D eigenvalue weighted by molar-refractivity contribution is 0.769. The molecule has 0 aliphatic carbocycles. The maximum Gasteiger partial charge on any atom is 0.0969 e. The number of anilines is 1. The minimum Gasteiger partial charge on any atom is -0.349 e. The number of thiocarbonyl (C=S) groups is 1. The molecule has 0 spiro atoms. The number of para-hydroxylation sites is 1. The second-order valence-corrected chi connectivity index (χ2v) is 3.94. The number of rotatable bonds is 2. The summed E-state index contributed by atoms with van der Waals surface area (Å²) in [5.74, 6) is 0. The average molecular weight is 206 g/mol. The van der Waals surface area contributed by atoms with Gasteiger partial charge in [0, 0.05) is 5.69 Å². The van der Waals surface area contributed by atoms with Crippen LogP contribution in [-0.4, -0.2) is 17.6 Å². The SMILES string of the molecule is S=C(Nc1ccccc1)C1CCCN1. The summed E-state index contributed by atoms with van der Waals surface area (Å²) in [4.78, 5) is 0.911. The molecule has 0 saturated carbocycles. The molecule has 0 aromatic heterocycles. The highest BCUT2D eigenvalue weighted by Crippen LogP contribution is 2.11. The molecule has 1 atom stereocenters. The first-order valence-electron chi connectivity index (χ1n) is 4.95. The Kier molecular flexibility index (Phi) is 3.11. The number of hydrogen-bond acceptors (Lipinski definition) is 2. The maximum absolute atomic E-state index is 5.32. The Morgan fingerprint density at radius 2 is 2.14 bits per heavy atom. The third kappa shape index (κ3) is 2.30. The van der Waals surface area contributed by atoms with Crippen LogP contribution in [0, 0.1) is 0 Å². The van der Waals surface area contributed by atoms with Crippen LogP contribution in [0.3, 0.4) is 0 Å². The molecule has 0 bridgehead atoms. The Balaban J connectivity index is 1.94. The lowest BCUT2D eigenvalue weighted by Crippen LogP contribution is -2.34. The van der Waals surface area contributed by atoms with Gasteiger partial charge in [0.1, 0.15) is 0 Å². The van der Waals surface area contributed by atoms with Crippen LogP contribution >= 0.6 is 12.2 Å². The normalized spacial score (nSPS) is 20.7. The van der Waals surface area contributed by atoms with Gasteiger partial charge in [-0.1, -0.05) is 30.4 Å². The Bertz CT molecular complexity index is 304. The fourth-order valence-corrected chi connectivity index (χ4v) is 1.98. The zero-order valence-corrected chi connectivity index (χ0v) is 8.81. The minimum atomic E-state index is 0.366. The summed E-state index contributed by atoms with van der Waals surface area (Å²) < 4.78 is 0. The van der Waals surface area contributed by atoms with Crippen molar-refractivity contribution >= 4 is 22.9 Å². The zero-order valence-electron chi connectivity index (χ0n) is 7.99. The van der Waals surface area contributed by atoms with E-state index >= 15 is 0 Å². The van der Waals surface area contributed by atoms with Gasteiger partial charge in [-0.2, -0.15) is 0 Å². The van der Waals surface area contributed by atoms with Crippen molar-refractivity contribution in [3.05, 3.63) is 30.3 Å². The quantitative estimate of drug-likeness (QED) is 0.725. The van der Waals surface area contributed by atoms with Gasteiger partial charge in [0.05, 0.1) is 11.0 Å². The van der Waals surface area contributed by atoms with Crippen LogP contribution in [0.2, 0.25) is 0 Å². The van der Waals surface area contributed by atoms with Crippen LogP contribution in [0.1, 0.15) is 12.8 Å². The van der Waals surface area contributed by atoms with Crippen LogP contribution in [-0.2, 0) is 0 Å². The van der Waals surface area contributed by atoms with E-state index in [2.05, 4.69) is 10.6 Å². The van der Waals surface area contributed by atoms with Crippen molar-refractivity contribution in [3.8, 4) is 0 Å². The van der Waals surface area contributed by atoms with E-state index in [1.165, 1.54) is 6.42 Å². The summed E-state index contributed by atoms with van der Waals surface area (Å²) in [6.07, 6.45) is 2.37. The largest absolute Gasteiger partial charge is 0.349 e. The molecular weight excluding hydrogens is 192 g/mol. The van der Waals surface area contributed by atoms with Crippen molar-refractivity contribution in [2.24, 2.45) is 0 Å². The predicted molar refractivity (Wildman–Crippen MR) is 63.7 cm³/mol. The maximum atomic E-state index is 5.32. The van der Waals surface area contributed by atoms with Gasteiger partial charge in [-0.05, 0) is 31.5 Å². The molecule has 1 fully saturated rings. The van der Waals surface area contributed by atoms with E-state index in [0.717, 1.165) is 23.6 Å². The van der Waals surface area contributed by atoms with Gasteiger partial charge in [0.2, 0.25) is 0 Å². The Morgan fingerprint density at radius 1 is 1.36 bits per heavy atom. The van der Waals surface area contributed by atoms with Gasteiger partial charge in [0.25, 0.3) is 0 Å². The van der Waals surface area contributed by atoms with E-state index < -0.39 is 0 Å². The third-order valence-electron chi connectivity index (χ3n) is 2.42. The highest BCUT2D eigenvalue weighted by atomic mass is 32.1. The van der Waals surface area contributed by atoms with Crippen LogP contribution < -0.4 is 10.6 Å². The summed E-state index contributed by atoms with van der Waals surface area (Å²) in [6, 6.07) is 10.4. The van der Waals surface area contributed by atoms with Crippen LogP contribution in [0.5, 0.6) is 0 Å². The molecule has 2 rings (SSSR count). The lowest BCUT2D eigenvalue weighted by atomic mass is 10.2. The topological polar surface area (TPSA) is 24.1 Å². The lowest BCUT2D eigenvalue weighted by Gasteiger charge is -2.13. The van der Waals surface area contributed by atoms with Gasteiger partial charge < -0.3 is 10.6 Å². The first-order chi connectivity index (χ1) is 6.86. The molecule has 1 unspecified atom stereocenters. The van der Waals surface area contributed by atoms with E-state index in [-0.39, 0.29) is 0 Å². The molecule has 2 nitrogen and oxygen atoms in total. The van der Waals surface area contributed by atoms with Crippen molar-refractivity contribution in [1.82, 2.24) is 5.32 Å². The second kappa shape index (κ2) is 4.53. The van der Waals surface area contributed by atoms with E-state index in [4.69, 9.17) is 12.2 Å². The smallest absolute Gasteiger partial charge is 0.0969 e. The van der Waals surface area contributed by atoms with Gasteiger partial charge in [0.15, 0.2) is 0 Å². The fourth-order valence-electron chi connectivity index (χ4n) is 1.66. The summed E-state index contributed by atoms with van der Waals surface area (Å²) >= 11 is 5.32. The van der Waals surface area contributed by atoms with Gasteiger partial charge in [-0.25, -0.2) is 0 Å². The first kappa shape index (κ1) is 9.62. The minimum absolute atomic E-state index is 0.366. The highest BCUT2D eigenvalue weighted by molar-refractivity contribution is 7.80. The van der Waals surface area contributed by atoms with E-state index in [1.54, 1.807) is 0 Å².